The number of hydrogen-bond acceptors (Lipinski definition) is 3. The van der Waals surface area contributed by atoms with Crippen molar-refractivity contribution in [3.8, 4) is 0 Å². The maximum atomic E-state index is 12.4. The lowest BCUT2D eigenvalue weighted by atomic mass is 10.1. The van der Waals surface area contributed by atoms with Crippen molar-refractivity contribution in [2.45, 2.75) is 20.4 Å². The van der Waals surface area contributed by atoms with Crippen LogP contribution in [0.1, 0.15) is 49.1 Å². The lowest BCUT2D eigenvalue weighted by Crippen LogP contribution is -2.23. The number of Topliss-reactive ketones (excluding diaryl/α,β-unsaturated/α-hetero) is 1. The monoisotopic (exact) mass is 386 g/mol. The van der Waals surface area contributed by atoms with Crippen molar-refractivity contribution in [2.75, 3.05) is 5.32 Å². The van der Waals surface area contributed by atoms with E-state index in [2.05, 4.69) is 10.6 Å². The molecule has 3 aromatic rings. The summed E-state index contributed by atoms with van der Waals surface area (Å²) in [6.07, 6.45) is 0. The highest BCUT2D eigenvalue weighted by molar-refractivity contribution is 6.05. The quantitative estimate of drug-likeness (QED) is 0.618. The van der Waals surface area contributed by atoms with Crippen LogP contribution >= 0.6 is 0 Å². The van der Waals surface area contributed by atoms with Crippen LogP contribution in [0.15, 0.2) is 72.8 Å². The summed E-state index contributed by atoms with van der Waals surface area (Å²) in [5.74, 6) is -0.575. The fourth-order valence-electron chi connectivity index (χ4n) is 2.88. The zero-order valence-electron chi connectivity index (χ0n) is 16.4. The number of hydrogen-bond donors (Lipinski definition) is 2. The van der Waals surface area contributed by atoms with Crippen LogP contribution in [0.3, 0.4) is 0 Å². The van der Waals surface area contributed by atoms with Gasteiger partial charge in [-0.3, -0.25) is 14.4 Å². The maximum Gasteiger partial charge on any atom is 0.255 e. The standard InChI is InChI=1S/C24H22N2O3/c1-16-6-3-4-7-21(16)15-25-23(28)18-10-12-19(13-11-18)24(29)26-22-9-5-8-20(14-22)17(2)27/h3-14H,15H2,1-2H3,(H,25,28)(H,26,29). The van der Waals surface area contributed by atoms with E-state index in [9.17, 15) is 14.4 Å². The second-order valence-corrected chi connectivity index (χ2v) is 6.78. The third kappa shape index (κ3) is 5.17. The first-order valence-corrected chi connectivity index (χ1v) is 9.29. The lowest BCUT2D eigenvalue weighted by Gasteiger charge is -2.09. The van der Waals surface area contributed by atoms with Crippen molar-refractivity contribution in [3.05, 3.63) is 101 Å². The topological polar surface area (TPSA) is 75.3 Å². The molecule has 0 fully saturated rings. The molecule has 2 N–H and O–H groups in total. The smallest absolute Gasteiger partial charge is 0.255 e. The normalized spacial score (nSPS) is 10.3. The molecule has 0 aliphatic carbocycles. The summed E-state index contributed by atoms with van der Waals surface area (Å²) in [5.41, 5.74) is 4.16. The Bertz CT molecular complexity index is 1060. The predicted molar refractivity (Wildman–Crippen MR) is 113 cm³/mol. The van der Waals surface area contributed by atoms with Gasteiger partial charge >= 0.3 is 0 Å². The van der Waals surface area contributed by atoms with Crippen LogP contribution in [-0.4, -0.2) is 17.6 Å². The second kappa shape index (κ2) is 8.97. The van der Waals surface area contributed by atoms with E-state index < -0.39 is 0 Å². The Morgan fingerprint density at radius 1 is 0.759 bits per heavy atom. The third-order valence-corrected chi connectivity index (χ3v) is 4.64. The molecule has 0 atom stereocenters. The number of nitrogens with one attached hydrogen (secondary N) is 2. The van der Waals surface area contributed by atoms with Crippen LogP contribution in [0, 0.1) is 6.92 Å². The molecule has 0 aliphatic rings. The highest BCUT2D eigenvalue weighted by Gasteiger charge is 2.10. The molecule has 0 saturated heterocycles. The number of rotatable bonds is 6. The molecule has 0 bridgehead atoms. The van der Waals surface area contributed by atoms with Crippen molar-refractivity contribution in [2.24, 2.45) is 0 Å². The molecule has 146 valence electrons. The average Bonchev–Trinajstić information content (AvgIpc) is 2.73. The molecular weight excluding hydrogens is 364 g/mol. The van der Waals surface area contributed by atoms with Crippen LogP contribution in [0.5, 0.6) is 0 Å². The summed E-state index contributed by atoms with van der Waals surface area (Å²) in [6, 6.07) is 21.1. The lowest BCUT2D eigenvalue weighted by molar-refractivity contribution is 0.0948. The first-order chi connectivity index (χ1) is 13.9. The van der Waals surface area contributed by atoms with Gasteiger partial charge < -0.3 is 10.6 Å². The number of carbonyl (C=O) groups excluding carboxylic acids is 3. The van der Waals surface area contributed by atoms with E-state index >= 15 is 0 Å². The molecule has 0 spiro atoms. The molecule has 5 nitrogen and oxygen atoms in total. The molecule has 0 unspecified atom stereocenters. The molecule has 5 heteroatoms. The van der Waals surface area contributed by atoms with Gasteiger partial charge in [-0.25, -0.2) is 0 Å². The Kier molecular flexibility index (Phi) is 6.19. The fourth-order valence-corrected chi connectivity index (χ4v) is 2.88. The molecule has 0 saturated carbocycles. The van der Waals surface area contributed by atoms with Crippen molar-refractivity contribution < 1.29 is 14.4 Å². The molecule has 2 amide bonds. The van der Waals surface area contributed by atoms with E-state index in [1.54, 1.807) is 48.5 Å². The summed E-state index contributed by atoms with van der Waals surface area (Å²) in [7, 11) is 0. The van der Waals surface area contributed by atoms with Gasteiger partial charge in [-0.15, -0.1) is 0 Å². The van der Waals surface area contributed by atoms with Crippen molar-refractivity contribution in [3.63, 3.8) is 0 Å². The molecule has 3 rings (SSSR count). The van der Waals surface area contributed by atoms with E-state index in [0.29, 0.717) is 28.9 Å². The number of anilines is 1. The first-order valence-electron chi connectivity index (χ1n) is 9.29. The Balaban J connectivity index is 1.62. The van der Waals surface area contributed by atoms with Crippen LogP contribution < -0.4 is 10.6 Å². The zero-order chi connectivity index (χ0) is 20.8. The first kappa shape index (κ1) is 20.0. The van der Waals surface area contributed by atoms with Gasteiger partial charge in [0.15, 0.2) is 5.78 Å². The molecule has 29 heavy (non-hydrogen) atoms. The molecular formula is C24H22N2O3. The number of carbonyl (C=O) groups is 3. The van der Waals surface area contributed by atoms with Gasteiger partial charge in [0.1, 0.15) is 0 Å². The van der Waals surface area contributed by atoms with Gasteiger partial charge in [-0.2, -0.15) is 0 Å². The van der Waals surface area contributed by atoms with Crippen molar-refractivity contribution in [1.82, 2.24) is 5.32 Å². The van der Waals surface area contributed by atoms with E-state index in [1.807, 2.05) is 31.2 Å². The highest BCUT2D eigenvalue weighted by atomic mass is 16.2. The summed E-state index contributed by atoms with van der Waals surface area (Å²) in [6.45, 7) is 3.92. The minimum atomic E-state index is -0.308. The molecule has 0 heterocycles. The van der Waals surface area contributed by atoms with Crippen molar-refractivity contribution >= 4 is 23.3 Å². The van der Waals surface area contributed by atoms with Gasteiger partial charge in [-0.1, -0.05) is 36.4 Å². The number of aryl methyl sites for hydroxylation is 1. The summed E-state index contributed by atoms with van der Waals surface area (Å²) < 4.78 is 0. The van der Waals surface area contributed by atoms with Crippen molar-refractivity contribution in [1.29, 1.82) is 0 Å². The summed E-state index contributed by atoms with van der Waals surface area (Å²) >= 11 is 0. The molecule has 3 aromatic carbocycles. The van der Waals surface area contributed by atoms with Gasteiger partial charge in [0.05, 0.1) is 0 Å². The van der Waals surface area contributed by atoms with Gasteiger partial charge in [0, 0.05) is 28.9 Å². The molecule has 0 radical (unpaired) electrons. The van der Waals surface area contributed by atoms with Gasteiger partial charge in [0.2, 0.25) is 0 Å². The van der Waals surface area contributed by atoms with E-state index in [-0.39, 0.29) is 17.6 Å². The Morgan fingerprint density at radius 2 is 1.41 bits per heavy atom. The maximum absolute atomic E-state index is 12.4. The van der Waals surface area contributed by atoms with E-state index in [1.165, 1.54) is 6.92 Å². The zero-order valence-corrected chi connectivity index (χ0v) is 16.4. The number of ketones is 1. The minimum absolute atomic E-state index is 0.0674. The molecule has 0 aromatic heterocycles. The minimum Gasteiger partial charge on any atom is -0.348 e. The second-order valence-electron chi connectivity index (χ2n) is 6.78. The highest BCUT2D eigenvalue weighted by Crippen LogP contribution is 2.14. The van der Waals surface area contributed by atoms with Crippen LogP contribution in [0.25, 0.3) is 0 Å². The average molecular weight is 386 g/mol. The SMILES string of the molecule is CC(=O)c1cccc(NC(=O)c2ccc(C(=O)NCc3ccccc3C)cc2)c1. The fraction of sp³-hybridized carbons (Fsp3) is 0.125. The van der Waals surface area contributed by atoms with E-state index in [4.69, 9.17) is 0 Å². The van der Waals surface area contributed by atoms with Crippen LogP contribution in [0.2, 0.25) is 0 Å². The van der Waals surface area contributed by atoms with Crippen LogP contribution in [0.4, 0.5) is 5.69 Å². The third-order valence-electron chi connectivity index (χ3n) is 4.64. The summed E-state index contributed by atoms with van der Waals surface area (Å²) in [4.78, 5) is 36.3. The van der Waals surface area contributed by atoms with Gasteiger partial charge in [-0.05, 0) is 61.4 Å². The van der Waals surface area contributed by atoms with Crippen LogP contribution in [-0.2, 0) is 6.54 Å². The summed E-state index contributed by atoms with van der Waals surface area (Å²) in [5, 5.41) is 5.65. The number of amides is 2. The Labute approximate surface area is 169 Å². The van der Waals surface area contributed by atoms with Gasteiger partial charge in [0.25, 0.3) is 11.8 Å². The van der Waals surface area contributed by atoms with E-state index in [0.717, 1.165) is 11.1 Å². The largest absolute Gasteiger partial charge is 0.348 e. The Morgan fingerprint density at radius 3 is 2.07 bits per heavy atom. The Hall–Kier alpha value is -3.73. The number of benzene rings is 3. The molecule has 0 aliphatic heterocycles. The predicted octanol–water partition coefficient (Wildman–Crippen LogP) is 4.38.